The highest BCUT2D eigenvalue weighted by atomic mass is 14.9. The summed E-state index contributed by atoms with van der Waals surface area (Å²) in [6, 6.07) is 0. The van der Waals surface area contributed by atoms with Gasteiger partial charge in [0.15, 0.2) is 0 Å². The minimum atomic E-state index is 0.976. The molecule has 0 aromatic carbocycles. The maximum atomic E-state index is 3.42. The SMILES string of the molecule is CCNCC=CCNCCCCNCC=CCNCC. The summed E-state index contributed by atoms with van der Waals surface area (Å²) in [4.78, 5) is 0. The predicted octanol–water partition coefficient (Wildman–Crippen LogP) is 1.28. The van der Waals surface area contributed by atoms with E-state index in [4.69, 9.17) is 0 Å². The smallest absolute Gasteiger partial charge is 0.0135 e. The quantitative estimate of drug-likeness (QED) is 0.270. The molecule has 0 fully saturated rings. The van der Waals surface area contributed by atoms with Crippen molar-refractivity contribution in [2.24, 2.45) is 0 Å². The molecule has 0 saturated carbocycles. The lowest BCUT2D eigenvalue weighted by Gasteiger charge is -2.03. The van der Waals surface area contributed by atoms with E-state index in [1.165, 1.54) is 12.8 Å². The predicted molar refractivity (Wildman–Crippen MR) is 90.3 cm³/mol. The van der Waals surface area contributed by atoms with E-state index < -0.39 is 0 Å². The van der Waals surface area contributed by atoms with Crippen LogP contribution in [0.15, 0.2) is 24.3 Å². The fourth-order valence-electron chi connectivity index (χ4n) is 1.66. The van der Waals surface area contributed by atoms with Crippen molar-refractivity contribution in [3.05, 3.63) is 24.3 Å². The maximum absolute atomic E-state index is 3.42. The average molecular weight is 282 g/mol. The van der Waals surface area contributed by atoms with Crippen LogP contribution in [0.3, 0.4) is 0 Å². The largest absolute Gasteiger partial charge is 0.314 e. The third-order valence-electron chi connectivity index (χ3n) is 2.84. The molecule has 4 heteroatoms. The first-order chi connectivity index (χ1) is 9.91. The van der Waals surface area contributed by atoms with E-state index in [2.05, 4.69) is 59.4 Å². The van der Waals surface area contributed by atoms with Crippen LogP contribution in [0.2, 0.25) is 0 Å². The van der Waals surface area contributed by atoms with Gasteiger partial charge in [-0.1, -0.05) is 38.2 Å². The molecule has 0 amide bonds. The molecule has 0 aliphatic carbocycles. The number of nitrogens with one attached hydrogen (secondary N) is 4. The Balaban J connectivity index is 3.06. The van der Waals surface area contributed by atoms with Crippen LogP contribution in [0.1, 0.15) is 26.7 Å². The van der Waals surface area contributed by atoms with E-state index in [0.29, 0.717) is 0 Å². The Kier molecular flexibility index (Phi) is 17.7. The molecule has 0 heterocycles. The normalized spacial score (nSPS) is 11.9. The highest BCUT2D eigenvalue weighted by Gasteiger charge is 1.87. The summed E-state index contributed by atoms with van der Waals surface area (Å²) in [6.45, 7) is 12.4. The first kappa shape index (κ1) is 19.3. The fraction of sp³-hybridized carbons (Fsp3) is 0.750. The first-order valence-corrected chi connectivity index (χ1v) is 8.04. The van der Waals surface area contributed by atoms with Crippen molar-refractivity contribution in [2.75, 3.05) is 52.4 Å². The lowest BCUT2D eigenvalue weighted by molar-refractivity contribution is 0.616. The maximum Gasteiger partial charge on any atom is 0.0135 e. The van der Waals surface area contributed by atoms with Crippen LogP contribution in [0.4, 0.5) is 0 Å². The van der Waals surface area contributed by atoms with Gasteiger partial charge in [0, 0.05) is 26.2 Å². The number of likely N-dealkylation sites (N-methyl/N-ethyl adjacent to an activating group) is 2. The molecular weight excluding hydrogens is 248 g/mol. The minimum absolute atomic E-state index is 0.976. The zero-order valence-electron chi connectivity index (χ0n) is 13.4. The summed E-state index contributed by atoms with van der Waals surface area (Å²) in [5.74, 6) is 0. The van der Waals surface area contributed by atoms with Gasteiger partial charge in [-0.25, -0.2) is 0 Å². The molecule has 0 bridgehead atoms. The Labute approximate surface area is 125 Å². The standard InChI is InChI=1S/C16H34N4/c1-3-17-11-5-7-13-19-15-9-10-16-20-14-8-6-12-18-4-2/h5-8,17-20H,3-4,9-16H2,1-2H3. The third-order valence-corrected chi connectivity index (χ3v) is 2.84. The molecule has 118 valence electrons. The summed E-state index contributed by atoms with van der Waals surface area (Å²) < 4.78 is 0. The van der Waals surface area contributed by atoms with Crippen molar-refractivity contribution in [2.45, 2.75) is 26.7 Å². The molecule has 0 aliphatic heterocycles. The highest BCUT2D eigenvalue weighted by Crippen LogP contribution is 1.84. The summed E-state index contributed by atoms with van der Waals surface area (Å²) in [7, 11) is 0. The van der Waals surface area contributed by atoms with E-state index >= 15 is 0 Å². The minimum Gasteiger partial charge on any atom is -0.314 e. The van der Waals surface area contributed by atoms with Gasteiger partial charge < -0.3 is 21.3 Å². The summed E-state index contributed by atoms with van der Waals surface area (Å²) in [5.41, 5.74) is 0. The molecule has 4 nitrogen and oxygen atoms in total. The van der Waals surface area contributed by atoms with Crippen LogP contribution in [0.5, 0.6) is 0 Å². The van der Waals surface area contributed by atoms with E-state index in [0.717, 1.165) is 52.4 Å². The van der Waals surface area contributed by atoms with Crippen molar-refractivity contribution in [3.8, 4) is 0 Å². The summed E-state index contributed by atoms with van der Waals surface area (Å²) in [6.07, 6.45) is 11.2. The van der Waals surface area contributed by atoms with Crippen molar-refractivity contribution in [3.63, 3.8) is 0 Å². The second-order valence-corrected chi connectivity index (χ2v) is 4.67. The zero-order valence-corrected chi connectivity index (χ0v) is 13.4. The average Bonchev–Trinajstić information content (AvgIpc) is 2.47. The molecule has 4 N–H and O–H groups in total. The molecular formula is C16H34N4. The van der Waals surface area contributed by atoms with Crippen molar-refractivity contribution >= 4 is 0 Å². The van der Waals surface area contributed by atoms with Crippen molar-refractivity contribution in [1.29, 1.82) is 0 Å². The lowest BCUT2D eigenvalue weighted by atomic mass is 10.3. The third kappa shape index (κ3) is 17.3. The van der Waals surface area contributed by atoms with Gasteiger partial charge in [0.1, 0.15) is 0 Å². The van der Waals surface area contributed by atoms with Crippen molar-refractivity contribution in [1.82, 2.24) is 21.3 Å². The molecule has 0 radical (unpaired) electrons. The number of unbranched alkanes of at least 4 members (excludes halogenated alkanes) is 1. The molecule has 0 aromatic rings. The van der Waals surface area contributed by atoms with Gasteiger partial charge in [-0.05, 0) is 39.0 Å². The van der Waals surface area contributed by atoms with Crippen LogP contribution in [-0.4, -0.2) is 52.4 Å². The van der Waals surface area contributed by atoms with Gasteiger partial charge in [-0.3, -0.25) is 0 Å². The number of rotatable bonds is 15. The molecule has 0 aliphatic rings. The second kappa shape index (κ2) is 18.3. The van der Waals surface area contributed by atoms with E-state index in [1.807, 2.05) is 0 Å². The van der Waals surface area contributed by atoms with E-state index in [-0.39, 0.29) is 0 Å². The molecule has 0 saturated heterocycles. The Bertz CT molecular complexity index is 203. The van der Waals surface area contributed by atoms with Crippen LogP contribution in [0, 0.1) is 0 Å². The highest BCUT2D eigenvalue weighted by molar-refractivity contribution is 4.86. The summed E-state index contributed by atoms with van der Waals surface area (Å²) >= 11 is 0. The van der Waals surface area contributed by atoms with Gasteiger partial charge in [-0.15, -0.1) is 0 Å². The zero-order chi connectivity index (χ0) is 14.7. The van der Waals surface area contributed by atoms with E-state index in [9.17, 15) is 0 Å². The number of hydrogen-bond acceptors (Lipinski definition) is 4. The van der Waals surface area contributed by atoms with Crippen LogP contribution in [0.25, 0.3) is 0 Å². The lowest BCUT2D eigenvalue weighted by Crippen LogP contribution is -2.19. The van der Waals surface area contributed by atoms with E-state index in [1.54, 1.807) is 0 Å². The van der Waals surface area contributed by atoms with Gasteiger partial charge in [0.05, 0.1) is 0 Å². The van der Waals surface area contributed by atoms with Gasteiger partial charge in [0.2, 0.25) is 0 Å². The van der Waals surface area contributed by atoms with Crippen LogP contribution >= 0.6 is 0 Å². The number of hydrogen-bond donors (Lipinski definition) is 4. The summed E-state index contributed by atoms with van der Waals surface area (Å²) in [5, 5.41) is 13.4. The van der Waals surface area contributed by atoms with Gasteiger partial charge >= 0.3 is 0 Å². The van der Waals surface area contributed by atoms with Gasteiger partial charge in [-0.2, -0.15) is 0 Å². The topological polar surface area (TPSA) is 48.1 Å². The fourth-order valence-corrected chi connectivity index (χ4v) is 1.66. The molecule has 0 unspecified atom stereocenters. The Hall–Kier alpha value is -0.680. The first-order valence-electron chi connectivity index (χ1n) is 8.04. The molecule has 0 rings (SSSR count). The van der Waals surface area contributed by atoms with Crippen molar-refractivity contribution < 1.29 is 0 Å². The van der Waals surface area contributed by atoms with Gasteiger partial charge in [0.25, 0.3) is 0 Å². The molecule has 0 aromatic heterocycles. The Morgan fingerprint density at radius 3 is 1.25 bits per heavy atom. The monoisotopic (exact) mass is 282 g/mol. The second-order valence-electron chi connectivity index (χ2n) is 4.67. The molecule has 20 heavy (non-hydrogen) atoms. The van der Waals surface area contributed by atoms with Crippen LogP contribution in [-0.2, 0) is 0 Å². The molecule has 0 spiro atoms. The Morgan fingerprint density at radius 2 is 0.900 bits per heavy atom. The van der Waals surface area contributed by atoms with Crippen LogP contribution < -0.4 is 21.3 Å². The molecule has 0 atom stereocenters. The Morgan fingerprint density at radius 1 is 0.550 bits per heavy atom.